The number of para-hydroxylation sites is 1. The second-order valence-corrected chi connectivity index (χ2v) is 12.1. The van der Waals surface area contributed by atoms with Gasteiger partial charge < -0.3 is 15.0 Å². The van der Waals surface area contributed by atoms with Gasteiger partial charge in [-0.15, -0.1) is 0 Å². The van der Waals surface area contributed by atoms with Gasteiger partial charge in [0.1, 0.15) is 18.3 Å². The maximum absolute atomic E-state index is 14.2. The van der Waals surface area contributed by atoms with Crippen LogP contribution in [0.15, 0.2) is 77.7 Å². The van der Waals surface area contributed by atoms with E-state index in [0.717, 1.165) is 16.7 Å². The summed E-state index contributed by atoms with van der Waals surface area (Å²) < 4.78 is 34.7. The van der Waals surface area contributed by atoms with Gasteiger partial charge in [-0.25, -0.2) is 8.42 Å². The average molecular weight is 580 g/mol. The highest BCUT2D eigenvalue weighted by molar-refractivity contribution is 7.92. The molecule has 3 aromatic carbocycles. The second-order valence-electron chi connectivity index (χ2n) is 10.3. The number of amides is 2. The molecule has 3 aromatic rings. The minimum atomic E-state index is -4.12. The van der Waals surface area contributed by atoms with Crippen molar-refractivity contribution in [3.8, 4) is 5.75 Å². The third kappa shape index (κ3) is 7.88. The Balaban J connectivity index is 2.11. The molecule has 9 heteroatoms. The molecule has 0 aliphatic carbocycles. The molecule has 220 valence electrons. The molecule has 1 unspecified atom stereocenters. The SMILES string of the molecule is CCc1ccccc1N(CC(=O)N(Cc1cccc(OC)c1)C(CC)C(=O)NC(C)C)S(=O)(=O)c1ccc(C)cc1. The Morgan fingerprint density at radius 2 is 1.63 bits per heavy atom. The van der Waals surface area contributed by atoms with Crippen LogP contribution in [-0.2, 0) is 32.6 Å². The van der Waals surface area contributed by atoms with Crippen LogP contribution in [0.1, 0.15) is 50.8 Å². The van der Waals surface area contributed by atoms with Crippen LogP contribution in [0, 0.1) is 6.92 Å². The summed E-state index contributed by atoms with van der Waals surface area (Å²) in [5, 5.41) is 2.91. The van der Waals surface area contributed by atoms with Crippen LogP contribution in [-0.4, -0.2) is 50.9 Å². The first-order valence-corrected chi connectivity index (χ1v) is 15.4. The van der Waals surface area contributed by atoms with Crippen molar-refractivity contribution in [1.29, 1.82) is 0 Å². The predicted octanol–water partition coefficient (Wildman–Crippen LogP) is 5.09. The first-order chi connectivity index (χ1) is 19.5. The van der Waals surface area contributed by atoms with Gasteiger partial charge in [-0.1, -0.05) is 61.9 Å². The number of aryl methyl sites for hydroxylation is 2. The minimum absolute atomic E-state index is 0.0887. The van der Waals surface area contributed by atoms with E-state index in [-0.39, 0.29) is 23.4 Å². The summed E-state index contributed by atoms with van der Waals surface area (Å²) in [6.07, 6.45) is 0.927. The maximum atomic E-state index is 14.2. The molecule has 0 bridgehead atoms. The van der Waals surface area contributed by atoms with Gasteiger partial charge in [-0.2, -0.15) is 0 Å². The third-order valence-corrected chi connectivity index (χ3v) is 8.61. The molecular formula is C32H41N3O5S. The van der Waals surface area contributed by atoms with Crippen LogP contribution in [0.3, 0.4) is 0 Å². The van der Waals surface area contributed by atoms with Gasteiger partial charge in [0.2, 0.25) is 11.8 Å². The molecule has 0 spiro atoms. The largest absolute Gasteiger partial charge is 0.497 e. The smallest absolute Gasteiger partial charge is 0.264 e. The Hall–Kier alpha value is -3.85. The summed E-state index contributed by atoms with van der Waals surface area (Å²) in [5.41, 5.74) is 2.91. The average Bonchev–Trinajstić information content (AvgIpc) is 2.95. The van der Waals surface area contributed by atoms with Crippen molar-refractivity contribution >= 4 is 27.5 Å². The topological polar surface area (TPSA) is 96.0 Å². The minimum Gasteiger partial charge on any atom is -0.497 e. The van der Waals surface area contributed by atoms with Crippen LogP contribution < -0.4 is 14.4 Å². The molecule has 2 amide bonds. The molecule has 0 saturated carbocycles. The number of methoxy groups -OCH3 is 1. The van der Waals surface area contributed by atoms with Crippen LogP contribution in [0.2, 0.25) is 0 Å². The summed E-state index contributed by atoms with van der Waals surface area (Å²) in [6.45, 7) is 9.01. The van der Waals surface area contributed by atoms with E-state index >= 15 is 0 Å². The number of hydrogen-bond acceptors (Lipinski definition) is 5. The number of sulfonamides is 1. The lowest BCUT2D eigenvalue weighted by molar-refractivity contribution is -0.140. The summed E-state index contributed by atoms with van der Waals surface area (Å²) in [4.78, 5) is 29.1. The van der Waals surface area contributed by atoms with Crippen molar-refractivity contribution in [1.82, 2.24) is 10.2 Å². The zero-order valence-corrected chi connectivity index (χ0v) is 25.6. The Morgan fingerprint density at radius 1 is 0.951 bits per heavy atom. The van der Waals surface area contributed by atoms with E-state index < -0.39 is 28.5 Å². The number of nitrogens with one attached hydrogen (secondary N) is 1. The van der Waals surface area contributed by atoms with E-state index in [1.165, 1.54) is 9.21 Å². The van der Waals surface area contributed by atoms with Gasteiger partial charge in [0, 0.05) is 12.6 Å². The lowest BCUT2D eigenvalue weighted by Crippen LogP contribution is -2.53. The van der Waals surface area contributed by atoms with Gasteiger partial charge >= 0.3 is 0 Å². The molecule has 0 aliphatic heterocycles. The Labute approximate surface area is 244 Å². The molecule has 1 N–H and O–H groups in total. The van der Waals surface area contributed by atoms with E-state index in [9.17, 15) is 18.0 Å². The standard InChI is InChI=1S/C32H41N3O5S/c1-7-26-13-9-10-15-30(26)35(41(38,39)28-18-16-24(5)17-19-28)22-31(36)34(29(8-2)32(37)33-23(3)4)21-25-12-11-14-27(20-25)40-6/h9-20,23,29H,7-8,21-22H2,1-6H3,(H,33,37). The van der Waals surface area contributed by atoms with Crippen LogP contribution in [0.5, 0.6) is 5.75 Å². The van der Waals surface area contributed by atoms with Crippen molar-refractivity contribution in [2.75, 3.05) is 18.0 Å². The quantitative estimate of drug-likeness (QED) is 0.304. The number of anilines is 1. The Kier molecular flexibility index (Phi) is 10.9. The third-order valence-electron chi connectivity index (χ3n) is 6.83. The fourth-order valence-electron chi connectivity index (χ4n) is 4.67. The van der Waals surface area contributed by atoms with Gasteiger partial charge in [0.25, 0.3) is 10.0 Å². The number of ether oxygens (including phenoxy) is 1. The number of carbonyl (C=O) groups is 2. The number of carbonyl (C=O) groups excluding carboxylic acids is 2. The van der Waals surface area contributed by atoms with Crippen LogP contribution in [0.25, 0.3) is 0 Å². The predicted molar refractivity (Wildman–Crippen MR) is 162 cm³/mol. The zero-order chi connectivity index (χ0) is 30.2. The van der Waals surface area contributed by atoms with E-state index in [0.29, 0.717) is 24.3 Å². The first-order valence-electron chi connectivity index (χ1n) is 13.9. The van der Waals surface area contributed by atoms with Crippen molar-refractivity contribution in [2.24, 2.45) is 0 Å². The van der Waals surface area contributed by atoms with E-state index in [4.69, 9.17) is 4.74 Å². The van der Waals surface area contributed by atoms with E-state index in [2.05, 4.69) is 5.32 Å². The van der Waals surface area contributed by atoms with Gasteiger partial charge in [-0.3, -0.25) is 13.9 Å². The maximum Gasteiger partial charge on any atom is 0.264 e. The fraction of sp³-hybridized carbons (Fsp3) is 0.375. The molecule has 41 heavy (non-hydrogen) atoms. The molecule has 0 aliphatic rings. The highest BCUT2D eigenvalue weighted by Crippen LogP contribution is 2.29. The van der Waals surface area contributed by atoms with Crippen molar-refractivity contribution < 1.29 is 22.7 Å². The highest BCUT2D eigenvalue weighted by Gasteiger charge is 2.34. The summed E-state index contributed by atoms with van der Waals surface area (Å²) in [6, 6.07) is 20.1. The fourth-order valence-corrected chi connectivity index (χ4v) is 6.12. The van der Waals surface area contributed by atoms with Crippen molar-refractivity contribution in [2.45, 2.75) is 71.0 Å². The number of benzene rings is 3. The molecule has 0 heterocycles. The van der Waals surface area contributed by atoms with Gasteiger partial charge in [0.15, 0.2) is 0 Å². The summed E-state index contributed by atoms with van der Waals surface area (Å²) in [5.74, 6) is -0.157. The molecule has 0 aromatic heterocycles. The molecule has 0 fully saturated rings. The van der Waals surface area contributed by atoms with Crippen LogP contribution >= 0.6 is 0 Å². The highest BCUT2D eigenvalue weighted by atomic mass is 32.2. The zero-order valence-electron chi connectivity index (χ0n) is 24.8. The van der Waals surface area contributed by atoms with Gasteiger partial charge in [0.05, 0.1) is 17.7 Å². The normalized spacial score (nSPS) is 12.1. The number of nitrogens with zero attached hydrogens (tertiary/aromatic N) is 2. The number of hydrogen-bond donors (Lipinski definition) is 1. The van der Waals surface area contributed by atoms with E-state index in [1.54, 1.807) is 55.6 Å². The van der Waals surface area contributed by atoms with Gasteiger partial charge in [-0.05, 0) is 75.1 Å². The monoisotopic (exact) mass is 579 g/mol. The molecule has 1 atom stereocenters. The molecule has 8 nitrogen and oxygen atoms in total. The summed E-state index contributed by atoms with van der Waals surface area (Å²) in [7, 11) is -2.56. The molecule has 0 saturated heterocycles. The lowest BCUT2D eigenvalue weighted by atomic mass is 10.1. The Morgan fingerprint density at radius 3 is 2.24 bits per heavy atom. The molecule has 0 radical (unpaired) electrons. The summed E-state index contributed by atoms with van der Waals surface area (Å²) >= 11 is 0. The van der Waals surface area contributed by atoms with Crippen molar-refractivity contribution in [3.05, 3.63) is 89.5 Å². The molecule has 3 rings (SSSR count). The first kappa shape index (κ1) is 31.7. The number of rotatable bonds is 13. The second kappa shape index (κ2) is 14.2. The molecular weight excluding hydrogens is 538 g/mol. The Bertz CT molecular complexity index is 1440. The van der Waals surface area contributed by atoms with Crippen molar-refractivity contribution in [3.63, 3.8) is 0 Å². The van der Waals surface area contributed by atoms with E-state index in [1.807, 2.05) is 58.9 Å². The lowest BCUT2D eigenvalue weighted by Gasteiger charge is -2.34. The van der Waals surface area contributed by atoms with Crippen LogP contribution in [0.4, 0.5) is 5.69 Å².